The Morgan fingerprint density at radius 1 is 0.692 bits per heavy atom. The van der Waals surface area contributed by atoms with Crippen LogP contribution < -0.4 is 24.0 Å². The van der Waals surface area contributed by atoms with Crippen molar-refractivity contribution in [2.45, 2.75) is 12.1 Å². The number of halogens is 1. The van der Waals surface area contributed by atoms with Crippen LogP contribution in [0, 0.1) is 0 Å². The maximum atomic E-state index is 2.42. The van der Waals surface area contributed by atoms with Gasteiger partial charge in [-0.1, -0.05) is 78.9 Å². The van der Waals surface area contributed by atoms with E-state index in [0.717, 1.165) is 0 Å². The number of likely N-dealkylation sites (N-methyl/N-ethyl adjacent to an activating group) is 2. The van der Waals surface area contributed by atoms with E-state index in [-0.39, 0.29) is 36.1 Å². The highest BCUT2D eigenvalue weighted by Gasteiger charge is 2.46. The van der Waals surface area contributed by atoms with Crippen molar-refractivity contribution < 1.29 is 28.6 Å². The van der Waals surface area contributed by atoms with E-state index in [1.165, 1.54) is 22.5 Å². The molecule has 0 unspecified atom stereocenters. The molecule has 2 atom stereocenters. The van der Waals surface area contributed by atoms with Crippen molar-refractivity contribution in [3.8, 4) is 0 Å². The zero-order valence-corrected chi connectivity index (χ0v) is 17.2. The fourth-order valence-electron chi connectivity index (χ4n) is 4.04. The minimum atomic E-state index is 0. The average Bonchev–Trinajstić information content (AvgIpc) is 2.94. The quantitative estimate of drug-likeness (QED) is 0.430. The smallest absolute Gasteiger partial charge is 0.280 e. The largest absolute Gasteiger partial charge is 1.00 e. The minimum absolute atomic E-state index is 0. The summed E-state index contributed by atoms with van der Waals surface area (Å²) < 4.78 is 2.42. The lowest BCUT2D eigenvalue weighted by Crippen LogP contribution is -3.00. The summed E-state index contributed by atoms with van der Waals surface area (Å²) in [6.07, 6.45) is 0. The number of rotatable bonds is 3. The van der Waals surface area contributed by atoms with Crippen LogP contribution >= 0.6 is 0 Å². The summed E-state index contributed by atoms with van der Waals surface area (Å²) in [5, 5.41) is 0. The fourth-order valence-corrected chi connectivity index (χ4v) is 4.04. The van der Waals surface area contributed by atoms with Gasteiger partial charge in [-0.2, -0.15) is 0 Å². The summed E-state index contributed by atoms with van der Waals surface area (Å²) in [6, 6.07) is 32.9. The SMILES string of the molecule is CN1C(c2ccccc2)=[N+](C)[C@H](c2ccccc2)[C@H]1c1ccccc1.[I-]. The fraction of sp³-hybridized carbons (Fsp3) is 0.174. The van der Waals surface area contributed by atoms with Gasteiger partial charge in [0.05, 0.1) is 19.7 Å². The van der Waals surface area contributed by atoms with Gasteiger partial charge in [-0.25, -0.2) is 0 Å². The highest BCUT2D eigenvalue weighted by atomic mass is 127. The Hall–Kier alpha value is -2.14. The predicted octanol–water partition coefficient (Wildman–Crippen LogP) is 1.51. The van der Waals surface area contributed by atoms with Crippen LogP contribution in [-0.2, 0) is 0 Å². The Labute approximate surface area is 172 Å². The van der Waals surface area contributed by atoms with Gasteiger partial charge in [0.25, 0.3) is 5.84 Å². The molecule has 0 fully saturated rings. The second-order valence-electron chi connectivity index (χ2n) is 6.62. The molecule has 1 heterocycles. The van der Waals surface area contributed by atoms with Crippen LogP contribution in [0.25, 0.3) is 0 Å². The first kappa shape index (κ1) is 18.6. The number of amidine groups is 1. The van der Waals surface area contributed by atoms with E-state index < -0.39 is 0 Å². The van der Waals surface area contributed by atoms with E-state index in [1.807, 2.05) is 0 Å². The Bertz CT molecular complexity index is 876. The molecule has 3 aromatic rings. The molecule has 1 aliphatic rings. The van der Waals surface area contributed by atoms with E-state index in [4.69, 9.17) is 0 Å². The van der Waals surface area contributed by atoms with Crippen LogP contribution in [0.5, 0.6) is 0 Å². The van der Waals surface area contributed by atoms with Crippen LogP contribution in [0.2, 0.25) is 0 Å². The Kier molecular flexibility index (Phi) is 5.77. The molecular formula is C23H23IN2. The van der Waals surface area contributed by atoms with Gasteiger partial charge >= 0.3 is 0 Å². The topological polar surface area (TPSA) is 6.25 Å². The highest BCUT2D eigenvalue weighted by molar-refractivity contribution is 5.96. The van der Waals surface area contributed by atoms with Gasteiger partial charge in [0.2, 0.25) is 0 Å². The predicted molar refractivity (Wildman–Crippen MR) is 103 cm³/mol. The molecule has 4 rings (SSSR count). The van der Waals surface area contributed by atoms with Gasteiger partial charge in [-0.3, -0.25) is 9.48 Å². The Morgan fingerprint density at radius 3 is 1.69 bits per heavy atom. The van der Waals surface area contributed by atoms with Gasteiger partial charge in [-0.15, -0.1) is 0 Å². The van der Waals surface area contributed by atoms with Crippen LogP contribution in [0.3, 0.4) is 0 Å². The lowest BCUT2D eigenvalue weighted by molar-refractivity contribution is -0.538. The first-order valence-electron chi connectivity index (χ1n) is 8.75. The number of hydrogen-bond donors (Lipinski definition) is 0. The Balaban J connectivity index is 0.00000196. The van der Waals surface area contributed by atoms with Crippen molar-refractivity contribution in [1.29, 1.82) is 0 Å². The molecule has 0 aromatic heterocycles. The molecule has 3 aromatic carbocycles. The summed E-state index contributed by atoms with van der Waals surface area (Å²) in [5.41, 5.74) is 3.94. The van der Waals surface area contributed by atoms with Gasteiger partial charge < -0.3 is 24.0 Å². The van der Waals surface area contributed by atoms with Crippen molar-refractivity contribution in [2.24, 2.45) is 0 Å². The maximum Gasteiger partial charge on any atom is 0.280 e. The van der Waals surface area contributed by atoms with E-state index in [9.17, 15) is 0 Å². The molecule has 1 aliphatic heterocycles. The second-order valence-corrected chi connectivity index (χ2v) is 6.62. The third-order valence-electron chi connectivity index (χ3n) is 5.12. The zero-order valence-electron chi connectivity index (χ0n) is 15.1. The standard InChI is InChI=1S/C23H23N2.HI/c1-24-21(18-12-6-3-7-13-18)22(19-14-8-4-9-15-19)25(2)23(24)20-16-10-5-11-17-20;/h3-17,21-22H,1-2H3;1H/q+1;/p-1/t21-,22-;/m1./s1. The number of benzene rings is 3. The van der Waals surface area contributed by atoms with E-state index in [1.54, 1.807) is 0 Å². The molecule has 2 nitrogen and oxygen atoms in total. The summed E-state index contributed by atoms with van der Waals surface area (Å²) in [5.74, 6) is 1.27. The first-order valence-corrected chi connectivity index (χ1v) is 8.75. The van der Waals surface area contributed by atoms with Crippen LogP contribution in [0.15, 0.2) is 91.0 Å². The average molecular weight is 454 g/mol. The third-order valence-corrected chi connectivity index (χ3v) is 5.12. The van der Waals surface area contributed by atoms with Gasteiger partial charge in [0.15, 0.2) is 12.1 Å². The lowest BCUT2D eigenvalue weighted by Gasteiger charge is -2.21. The van der Waals surface area contributed by atoms with Crippen LogP contribution in [0.4, 0.5) is 0 Å². The third kappa shape index (κ3) is 3.28. The molecule has 0 radical (unpaired) electrons. The van der Waals surface area contributed by atoms with E-state index >= 15 is 0 Å². The van der Waals surface area contributed by atoms with Crippen LogP contribution in [-0.4, -0.2) is 29.4 Å². The maximum absolute atomic E-state index is 2.42. The van der Waals surface area contributed by atoms with Gasteiger partial charge in [0, 0.05) is 11.1 Å². The van der Waals surface area contributed by atoms with E-state index in [2.05, 4.69) is 115 Å². The van der Waals surface area contributed by atoms with Crippen molar-refractivity contribution in [2.75, 3.05) is 14.1 Å². The van der Waals surface area contributed by atoms with Crippen molar-refractivity contribution in [3.63, 3.8) is 0 Å². The van der Waals surface area contributed by atoms with Crippen molar-refractivity contribution >= 4 is 5.84 Å². The van der Waals surface area contributed by atoms with Crippen molar-refractivity contribution in [3.05, 3.63) is 108 Å². The first-order chi connectivity index (χ1) is 12.3. The highest BCUT2D eigenvalue weighted by Crippen LogP contribution is 2.41. The molecule has 0 aliphatic carbocycles. The summed E-state index contributed by atoms with van der Waals surface area (Å²) >= 11 is 0. The monoisotopic (exact) mass is 454 g/mol. The van der Waals surface area contributed by atoms with Gasteiger partial charge in [-0.05, 0) is 12.1 Å². The molecule has 0 bridgehead atoms. The summed E-state index contributed by atoms with van der Waals surface area (Å²) in [6.45, 7) is 0. The molecule has 132 valence electrons. The number of hydrogen-bond acceptors (Lipinski definition) is 1. The molecule has 0 saturated heterocycles. The normalized spacial score (nSPS) is 19.4. The summed E-state index contributed by atoms with van der Waals surface area (Å²) in [7, 11) is 4.42. The molecule has 3 heteroatoms. The molecule has 0 N–H and O–H groups in total. The number of nitrogens with zero attached hydrogens (tertiary/aromatic N) is 2. The Morgan fingerprint density at radius 2 is 1.15 bits per heavy atom. The lowest BCUT2D eigenvalue weighted by atomic mass is 9.93. The van der Waals surface area contributed by atoms with Gasteiger partial charge in [0.1, 0.15) is 0 Å². The minimum Gasteiger partial charge on any atom is -1.00 e. The molecule has 26 heavy (non-hydrogen) atoms. The zero-order chi connectivity index (χ0) is 17.2. The summed E-state index contributed by atoms with van der Waals surface area (Å²) in [4.78, 5) is 2.42. The van der Waals surface area contributed by atoms with Crippen LogP contribution in [0.1, 0.15) is 28.8 Å². The second kappa shape index (κ2) is 8.04. The molecule has 0 spiro atoms. The molecule has 0 saturated carbocycles. The molecular weight excluding hydrogens is 431 g/mol. The molecule has 0 amide bonds. The van der Waals surface area contributed by atoms with E-state index in [0.29, 0.717) is 0 Å². The van der Waals surface area contributed by atoms with Crippen molar-refractivity contribution in [1.82, 2.24) is 4.90 Å².